The zero-order valence-corrected chi connectivity index (χ0v) is 19.0. The second-order valence-corrected chi connectivity index (χ2v) is 8.63. The summed E-state index contributed by atoms with van der Waals surface area (Å²) in [5.41, 5.74) is 1.16. The van der Waals surface area contributed by atoms with Crippen LogP contribution in [0.15, 0.2) is 59.3 Å². The van der Waals surface area contributed by atoms with E-state index in [1.165, 1.54) is 18.2 Å². The van der Waals surface area contributed by atoms with Gasteiger partial charge in [0.05, 0.1) is 17.1 Å². The number of rotatable bonds is 5. The summed E-state index contributed by atoms with van der Waals surface area (Å²) in [5.74, 6) is 0.214. The van der Waals surface area contributed by atoms with Gasteiger partial charge in [-0.2, -0.15) is 18.2 Å². The Balaban J connectivity index is 1.23. The van der Waals surface area contributed by atoms with Crippen molar-refractivity contribution in [3.63, 3.8) is 0 Å². The van der Waals surface area contributed by atoms with E-state index in [1.807, 2.05) is 6.92 Å². The van der Waals surface area contributed by atoms with Crippen molar-refractivity contribution in [2.24, 2.45) is 0 Å². The summed E-state index contributed by atoms with van der Waals surface area (Å²) >= 11 is 0. The molecule has 2 aromatic heterocycles. The molecule has 0 radical (unpaired) electrons. The first-order valence-corrected chi connectivity index (χ1v) is 11.3. The molecule has 10 heteroatoms. The quantitative estimate of drug-likeness (QED) is 0.357. The van der Waals surface area contributed by atoms with Crippen molar-refractivity contribution in [3.8, 4) is 11.4 Å². The number of aromatic nitrogens is 3. The molecule has 1 aliphatic rings. The lowest BCUT2D eigenvalue weighted by Crippen LogP contribution is -2.46. The van der Waals surface area contributed by atoms with E-state index in [-0.39, 0.29) is 23.2 Å². The third-order valence-corrected chi connectivity index (χ3v) is 6.40. The van der Waals surface area contributed by atoms with Crippen LogP contribution in [0.25, 0.3) is 22.3 Å². The average Bonchev–Trinajstić information content (AvgIpc) is 3.36. The smallest absolute Gasteiger partial charge is 0.337 e. The molecule has 0 spiro atoms. The Kier molecular flexibility index (Phi) is 6.24. The first-order chi connectivity index (χ1) is 16.8. The maximum absolute atomic E-state index is 14.1. The Labute approximate surface area is 199 Å². The van der Waals surface area contributed by atoms with Gasteiger partial charge < -0.3 is 4.52 Å². The van der Waals surface area contributed by atoms with Crippen LogP contribution in [0.3, 0.4) is 0 Å². The fraction of sp³-hybridized carbons (Fsp3) is 0.320. The lowest BCUT2D eigenvalue weighted by Gasteiger charge is -2.36. The van der Waals surface area contributed by atoms with Crippen LogP contribution in [0, 0.1) is 5.82 Å². The summed E-state index contributed by atoms with van der Waals surface area (Å²) in [5, 5.41) is 4.42. The Bertz CT molecular complexity index is 1330. The minimum absolute atomic E-state index is 0.132. The van der Waals surface area contributed by atoms with E-state index in [1.54, 1.807) is 24.4 Å². The molecule has 0 amide bonds. The van der Waals surface area contributed by atoms with Crippen molar-refractivity contribution in [2.75, 3.05) is 26.2 Å². The first kappa shape index (κ1) is 23.4. The molecule has 2 aromatic carbocycles. The molecule has 4 aromatic rings. The van der Waals surface area contributed by atoms with Gasteiger partial charge in [0, 0.05) is 49.9 Å². The topological polar surface area (TPSA) is 58.3 Å². The number of halogens is 4. The minimum Gasteiger partial charge on any atom is -0.337 e. The van der Waals surface area contributed by atoms with Gasteiger partial charge in [0.15, 0.2) is 0 Å². The van der Waals surface area contributed by atoms with Crippen molar-refractivity contribution in [3.05, 3.63) is 77.6 Å². The normalized spacial score (nSPS) is 16.6. The minimum atomic E-state index is -4.44. The van der Waals surface area contributed by atoms with Crippen LogP contribution >= 0.6 is 0 Å². The zero-order chi connectivity index (χ0) is 24.6. The second-order valence-electron chi connectivity index (χ2n) is 8.63. The van der Waals surface area contributed by atoms with E-state index in [4.69, 9.17) is 4.52 Å². The van der Waals surface area contributed by atoms with E-state index < -0.39 is 11.7 Å². The highest BCUT2D eigenvalue weighted by molar-refractivity contribution is 5.82. The molecule has 1 atom stereocenters. The number of alkyl halides is 3. The molecule has 5 rings (SSSR count). The van der Waals surface area contributed by atoms with Gasteiger partial charge in [-0.15, -0.1) is 0 Å². The third kappa shape index (κ3) is 4.89. The predicted molar refractivity (Wildman–Crippen MR) is 122 cm³/mol. The summed E-state index contributed by atoms with van der Waals surface area (Å²) in [6, 6.07) is 11.4. The van der Waals surface area contributed by atoms with Gasteiger partial charge in [-0.25, -0.2) is 4.39 Å². The van der Waals surface area contributed by atoms with Crippen LogP contribution in [-0.2, 0) is 12.7 Å². The van der Waals surface area contributed by atoms with Gasteiger partial charge in [-0.3, -0.25) is 14.8 Å². The SMILES string of the molecule is CC(c1nc(-c2cccc(C(F)(F)F)c2)no1)N1CCN(Cc2ccc(F)c3cccnc23)CC1. The molecule has 1 fully saturated rings. The Morgan fingerprint density at radius 2 is 1.83 bits per heavy atom. The highest BCUT2D eigenvalue weighted by atomic mass is 19.4. The van der Waals surface area contributed by atoms with Crippen LogP contribution in [0.4, 0.5) is 17.6 Å². The maximum Gasteiger partial charge on any atom is 0.416 e. The van der Waals surface area contributed by atoms with E-state index in [9.17, 15) is 17.6 Å². The van der Waals surface area contributed by atoms with E-state index >= 15 is 0 Å². The van der Waals surface area contributed by atoms with Crippen LogP contribution < -0.4 is 0 Å². The number of fused-ring (bicyclic) bond motifs is 1. The van der Waals surface area contributed by atoms with Crippen molar-refractivity contribution >= 4 is 10.9 Å². The van der Waals surface area contributed by atoms with Crippen LogP contribution in [0.2, 0.25) is 0 Å². The van der Waals surface area contributed by atoms with Crippen LogP contribution in [0.1, 0.15) is 30.0 Å². The molecule has 1 aliphatic heterocycles. The largest absolute Gasteiger partial charge is 0.416 e. The molecular weight excluding hydrogens is 462 g/mol. The second kappa shape index (κ2) is 9.35. The van der Waals surface area contributed by atoms with Crippen molar-refractivity contribution in [1.29, 1.82) is 0 Å². The van der Waals surface area contributed by atoms with Gasteiger partial charge in [0.2, 0.25) is 11.7 Å². The van der Waals surface area contributed by atoms with Gasteiger partial charge in [0.1, 0.15) is 5.82 Å². The Morgan fingerprint density at radius 1 is 1.03 bits per heavy atom. The highest BCUT2D eigenvalue weighted by Crippen LogP contribution is 2.32. The fourth-order valence-corrected chi connectivity index (χ4v) is 4.39. The van der Waals surface area contributed by atoms with E-state index in [2.05, 4.69) is 24.9 Å². The summed E-state index contributed by atoms with van der Waals surface area (Å²) < 4.78 is 58.6. The molecule has 1 unspecified atom stereocenters. The van der Waals surface area contributed by atoms with E-state index in [0.29, 0.717) is 23.3 Å². The number of hydrogen-bond donors (Lipinski definition) is 0. The lowest BCUT2D eigenvalue weighted by atomic mass is 10.1. The standard InChI is InChI=1S/C25H23F4N5O/c1-16(24-31-23(32-35-24)17-4-2-5-19(14-17)25(27,28)29)34-12-10-33(11-13-34)15-18-7-8-21(26)20-6-3-9-30-22(18)20/h2-9,14,16H,10-13,15H2,1H3. The first-order valence-electron chi connectivity index (χ1n) is 11.3. The maximum atomic E-state index is 14.1. The number of pyridine rings is 1. The van der Waals surface area contributed by atoms with Crippen molar-refractivity contribution in [2.45, 2.75) is 25.7 Å². The molecule has 0 saturated carbocycles. The van der Waals surface area contributed by atoms with Crippen molar-refractivity contribution in [1.82, 2.24) is 24.9 Å². The summed E-state index contributed by atoms with van der Waals surface area (Å²) in [6.45, 7) is 5.66. The Morgan fingerprint density at radius 3 is 2.60 bits per heavy atom. The summed E-state index contributed by atoms with van der Waals surface area (Å²) in [7, 11) is 0. The number of nitrogens with zero attached hydrogens (tertiary/aromatic N) is 5. The van der Waals surface area contributed by atoms with Crippen LogP contribution in [-0.4, -0.2) is 51.1 Å². The molecule has 0 aliphatic carbocycles. The summed E-state index contributed by atoms with van der Waals surface area (Å²) in [6.07, 6.45) is -2.77. The lowest BCUT2D eigenvalue weighted by molar-refractivity contribution is -0.137. The monoisotopic (exact) mass is 485 g/mol. The molecule has 1 saturated heterocycles. The number of hydrogen-bond acceptors (Lipinski definition) is 6. The molecule has 0 bridgehead atoms. The van der Waals surface area contributed by atoms with Gasteiger partial charge in [-0.05, 0) is 42.8 Å². The zero-order valence-electron chi connectivity index (χ0n) is 19.0. The number of piperazine rings is 1. The van der Waals surface area contributed by atoms with Gasteiger partial charge in [-0.1, -0.05) is 23.4 Å². The van der Waals surface area contributed by atoms with E-state index in [0.717, 1.165) is 43.9 Å². The molecule has 3 heterocycles. The highest BCUT2D eigenvalue weighted by Gasteiger charge is 2.31. The van der Waals surface area contributed by atoms with Crippen LogP contribution in [0.5, 0.6) is 0 Å². The summed E-state index contributed by atoms with van der Waals surface area (Å²) in [4.78, 5) is 13.2. The third-order valence-electron chi connectivity index (χ3n) is 6.40. The van der Waals surface area contributed by atoms with Crippen molar-refractivity contribution < 1.29 is 22.1 Å². The van der Waals surface area contributed by atoms with Gasteiger partial charge >= 0.3 is 6.18 Å². The fourth-order valence-electron chi connectivity index (χ4n) is 4.39. The van der Waals surface area contributed by atoms with Gasteiger partial charge in [0.25, 0.3) is 0 Å². The number of benzene rings is 2. The Hall–Kier alpha value is -3.37. The average molecular weight is 485 g/mol. The predicted octanol–water partition coefficient (Wildman–Crippen LogP) is 5.32. The molecule has 0 N–H and O–H groups in total. The molecule has 35 heavy (non-hydrogen) atoms. The molecule has 182 valence electrons. The molecular formula is C25H23F4N5O. The molecule has 6 nitrogen and oxygen atoms in total.